The molecule has 3 unspecified atom stereocenters. The van der Waals surface area contributed by atoms with Crippen LogP contribution >= 0.6 is 32.2 Å². The molecule has 1 aromatic carbocycles. The van der Waals surface area contributed by atoms with Gasteiger partial charge in [0.2, 0.25) is 5.28 Å². The summed E-state index contributed by atoms with van der Waals surface area (Å²) >= 11 is 8.26. The highest BCUT2D eigenvalue weighted by Gasteiger charge is 2.43. The number of benzene rings is 1. The van der Waals surface area contributed by atoms with Gasteiger partial charge in [-0.05, 0) is 80.2 Å². The Hall–Kier alpha value is -2.44. The molecular weight excluding hydrogens is 739 g/mol. The van der Waals surface area contributed by atoms with E-state index >= 15 is 0 Å². The number of terminal acetylenes is 1. The second-order valence-electron chi connectivity index (χ2n) is 13.3. The monoisotopic (exact) mass is 792 g/mol. The fourth-order valence-corrected chi connectivity index (χ4v) is 8.45. The van der Waals surface area contributed by atoms with Gasteiger partial charge in [-0.15, -0.1) is 18.2 Å². The summed E-state index contributed by atoms with van der Waals surface area (Å²) in [5, 5.41) is 5.79. The van der Waals surface area contributed by atoms with E-state index in [0.29, 0.717) is 65.1 Å². The molecule has 2 fully saturated rings. The third-order valence-electron chi connectivity index (χ3n) is 9.37. The Morgan fingerprint density at radius 1 is 1.06 bits per heavy atom. The average Bonchev–Trinajstić information content (AvgIpc) is 3.79. The molecule has 2 saturated heterocycles. The van der Waals surface area contributed by atoms with E-state index in [1.54, 1.807) is 11.8 Å². The van der Waals surface area contributed by atoms with Crippen LogP contribution in [0, 0.1) is 17.8 Å². The Kier molecular flexibility index (Phi) is 17.5. The van der Waals surface area contributed by atoms with E-state index in [0.717, 1.165) is 97.5 Å². The molecule has 2 aromatic heterocycles. The highest BCUT2D eigenvalue weighted by molar-refractivity contribution is 7.99. The van der Waals surface area contributed by atoms with Crippen molar-refractivity contribution in [3.63, 3.8) is 0 Å². The van der Waals surface area contributed by atoms with E-state index in [2.05, 4.69) is 32.8 Å². The van der Waals surface area contributed by atoms with Crippen molar-refractivity contribution in [2.24, 2.45) is 5.41 Å². The van der Waals surface area contributed by atoms with E-state index in [4.69, 9.17) is 52.2 Å². The third-order valence-corrected chi connectivity index (χ3v) is 11.2. The zero-order valence-electron chi connectivity index (χ0n) is 30.7. The topological polar surface area (TPSA) is 148 Å². The standard InChI is InChI=1S/C37H54ClN6O7PS/c1-3-11-37(26-43(27-37)34-30-25-40-44(35(30)42-36(38)41-34)33-9-7-28(51-33)10-22-52-45)12-5-23-53-32-24-29(6-8-31(32)39)50-21-20-49-19-18-48-17-16-47-15-14-46-13-4-2/h2,6,8,24-25,28,33,45,52H,3,5,7,9-23,26-27,39H2,1H3. The smallest absolute Gasteiger partial charge is 0.226 e. The lowest BCUT2D eigenvalue weighted by atomic mass is 9.72. The Labute approximate surface area is 324 Å². The second-order valence-corrected chi connectivity index (χ2v) is 15.6. The molecule has 5 rings (SSSR count). The van der Waals surface area contributed by atoms with Gasteiger partial charge in [-0.3, -0.25) is 0 Å². The van der Waals surface area contributed by atoms with Gasteiger partial charge in [0.1, 0.15) is 24.8 Å². The molecule has 0 spiro atoms. The molecule has 292 valence electrons. The lowest BCUT2D eigenvalue weighted by molar-refractivity contribution is -0.00369. The highest BCUT2D eigenvalue weighted by atomic mass is 35.5. The van der Waals surface area contributed by atoms with Crippen LogP contribution in [-0.2, 0) is 23.7 Å². The maximum Gasteiger partial charge on any atom is 0.226 e. The number of nitrogens with zero attached hydrogens (tertiary/aromatic N) is 5. The Balaban J connectivity index is 1.01. The Bertz CT molecular complexity index is 1590. The van der Waals surface area contributed by atoms with Crippen LogP contribution in [0.2, 0.25) is 5.28 Å². The van der Waals surface area contributed by atoms with E-state index in [1.165, 1.54) is 0 Å². The summed E-state index contributed by atoms with van der Waals surface area (Å²) in [5.74, 6) is 5.00. The number of nitrogen functional groups attached to an aromatic ring is 1. The predicted octanol–water partition coefficient (Wildman–Crippen LogP) is 5.97. The van der Waals surface area contributed by atoms with Crippen LogP contribution in [0.25, 0.3) is 11.0 Å². The van der Waals surface area contributed by atoms with Gasteiger partial charge in [0, 0.05) is 37.9 Å². The molecule has 0 saturated carbocycles. The number of fused-ring (bicyclic) bond motifs is 1. The highest BCUT2D eigenvalue weighted by Crippen LogP contribution is 2.44. The number of halogens is 1. The van der Waals surface area contributed by atoms with E-state index in [9.17, 15) is 4.89 Å². The first-order chi connectivity index (χ1) is 25.9. The largest absolute Gasteiger partial charge is 0.491 e. The van der Waals surface area contributed by atoms with Crippen LogP contribution in [0.15, 0.2) is 29.3 Å². The van der Waals surface area contributed by atoms with Crippen molar-refractivity contribution in [1.29, 1.82) is 0 Å². The lowest BCUT2D eigenvalue weighted by Crippen LogP contribution is -2.56. The lowest BCUT2D eigenvalue weighted by Gasteiger charge is -2.51. The first-order valence-corrected chi connectivity index (χ1v) is 21.0. The Morgan fingerprint density at radius 2 is 1.79 bits per heavy atom. The molecule has 2 aliphatic heterocycles. The van der Waals surface area contributed by atoms with Gasteiger partial charge < -0.3 is 43.9 Å². The zero-order valence-corrected chi connectivity index (χ0v) is 33.3. The van der Waals surface area contributed by atoms with Crippen molar-refractivity contribution in [3.8, 4) is 18.1 Å². The number of aromatic nitrogens is 4. The SMILES string of the molecule is C#CCOCCOCCOCCOCCOc1ccc(N)c(SCCCC2(CCC)CN(c3nc(Cl)nc4c3cnn4C3CCC(CCPO)O3)C2)c1. The van der Waals surface area contributed by atoms with E-state index < -0.39 is 0 Å². The number of hydrogen-bond donors (Lipinski definition) is 2. The van der Waals surface area contributed by atoms with Gasteiger partial charge in [0.25, 0.3) is 0 Å². The summed E-state index contributed by atoms with van der Waals surface area (Å²) in [6, 6.07) is 5.82. The van der Waals surface area contributed by atoms with Gasteiger partial charge in [0.05, 0.1) is 63.9 Å². The van der Waals surface area contributed by atoms with Gasteiger partial charge >= 0.3 is 0 Å². The van der Waals surface area contributed by atoms with Crippen LogP contribution in [0.5, 0.6) is 5.75 Å². The molecule has 3 aromatic rings. The first kappa shape index (κ1) is 41.7. The number of anilines is 2. The number of thioether (sulfide) groups is 1. The predicted molar refractivity (Wildman–Crippen MR) is 211 cm³/mol. The van der Waals surface area contributed by atoms with Crippen LogP contribution in [0.4, 0.5) is 11.5 Å². The van der Waals surface area contributed by atoms with Crippen LogP contribution in [0.1, 0.15) is 58.1 Å². The van der Waals surface area contributed by atoms with E-state index in [-0.39, 0.29) is 31.8 Å². The molecule has 13 nitrogen and oxygen atoms in total. The summed E-state index contributed by atoms with van der Waals surface area (Å²) in [5.41, 5.74) is 8.02. The minimum Gasteiger partial charge on any atom is -0.491 e. The van der Waals surface area contributed by atoms with Gasteiger partial charge in [-0.25, -0.2) is 4.68 Å². The molecule has 3 atom stereocenters. The number of nitrogens with two attached hydrogens (primary N) is 1. The fraction of sp³-hybridized carbons (Fsp3) is 0.649. The van der Waals surface area contributed by atoms with Crippen molar-refractivity contribution in [2.75, 3.05) is 95.1 Å². The van der Waals surface area contributed by atoms with Gasteiger partial charge in [0.15, 0.2) is 11.9 Å². The molecule has 2 aliphatic rings. The average molecular weight is 793 g/mol. The summed E-state index contributed by atoms with van der Waals surface area (Å²) in [6.45, 7) is 8.25. The minimum atomic E-state index is -0.188. The minimum absolute atomic E-state index is 0.0508. The van der Waals surface area contributed by atoms with Crippen molar-refractivity contribution >= 4 is 54.7 Å². The molecule has 0 amide bonds. The normalized spacial score (nSPS) is 18.3. The van der Waals surface area contributed by atoms with Crippen molar-refractivity contribution in [3.05, 3.63) is 29.7 Å². The van der Waals surface area contributed by atoms with Gasteiger partial charge in [-0.2, -0.15) is 15.1 Å². The zero-order chi connectivity index (χ0) is 37.3. The van der Waals surface area contributed by atoms with Crippen LogP contribution in [-0.4, -0.2) is 115 Å². The summed E-state index contributed by atoms with van der Waals surface area (Å²) in [4.78, 5) is 21.8. The molecular formula is C37H54ClN6O7PS. The third kappa shape index (κ3) is 12.5. The van der Waals surface area contributed by atoms with Crippen molar-refractivity contribution in [1.82, 2.24) is 19.7 Å². The molecule has 3 N–H and O–H groups in total. The summed E-state index contributed by atoms with van der Waals surface area (Å²) < 4.78 is 35.7. The quantitative estimate of drug-likeness (QED) is 0.0246. The van der Waals surface area contributed by atoms with E-state index in [1.807, 2.05) is 29.1 Å². The first-order valence-electron chi connectivity index (χ1n) is 18.5. The second kappa shape index (κ2) is 22.2. The van der Waals surface area contributed by atoms with Crippen molar-refractivity contribution < 1.29 is 33.3 Å². The summed E-state index contributed by atoms with van der Waals surface area (Å²) in [6.07, 6.45) is 14.8. The molecule has 0 bridgehead atoms. The molecule has 0 aliphatic carbocycles. The van der Waals surface area contributed by atoms with Crippen molar-refractivity contribution in [2.45, 2.75) is 69.1 Å². The molecule has 16 heteroatoms. The maximum atomic E-state index is 9.23. The molecule has 53 heavy (non-hydrogen) atoms. The number of rotatable bonds is 26. The molecule has 4 heterocycles. The number of hydrogen-bond acceptors (Lipinski definition) is 13. The van der Waals surface area contributed by atoms with Crippen LogP contribution < -0.4 is 15.4 Å². The van der Waals surface area contributed by atoms with Gasteiger partial charge in [-0.1, -0.05) is 19.3 Å². The fourth-order valence-electron chi connectivity index (χ4n) is 6.89. The maximum absolute atomic E-state index is 9.23. The number of ether oxygens (including phenoxy) is 6. The Morgan fingerprint density at radius 3 is 2.51 bits per heavy atom. The van der Waals surface area contributed by atoms with Crippen LogP contribution in [0.3, 0.4) is 0 Å². The summed E-state index contributed by atoms with van der Waals surface area (Å²) in [7, 11) is -0.0508. The molecule has 0 radical (unpaired) electrons.